The van der Waals surface area contributed by atoms with Crippen molar-refractivity contribution in [1.29, 1.82) is 0 Å². The predicted molar refractivity (Wildman–Crippen MR) is 39.4 cm³/mol. The summed E-state index contributed by atoms with van der Waals surface area (Å²) in [6.07, 6.45) is -1.81. The zero-order valence-corrected chi connectivity index (χ0v) is 6.69. The van der Waals surface area contributed by atoms with Crippen LogP contribution in [0.1, 0.15) is 25.7 Å². The van der Waals surface area contributed by atoms with Crippen LogP contribution in [0.4, 0.5) is 13.2 Å². The smallest absolute Gasteiger partial charge is 0.328 e. The van der Waals surface area contributed by atoms with E-state index in [1.165, 1.54) is 0 Å². The molecular weight excluding hydrogens is 169 g/mol. The van der Waals surface area contributed by atoms with Crippen molar-refractivity contribution in [2.75, 3.05) is 0 Å². The molecule has 0 bridgehead atoms. The fraction of sp³-hybridized carbons (Fsp3) is 1.00. The van der Waals surface area contributed by atoms with Crippen molar-refractivity contribution in [2.45, 2.75) is 44.1 Å². The van der Waals surface area contributed by atoms with E-state index in [0.717, 1.165) is 0 Å². The van der Waals surface area contributed by atoms with E-state index in [1.807, 2.05) is 0 Å². The van der Waals surface area contributed by atoms with Gasteiger partial charge < -0.3 is 5.73 Å². The maximum absolute atomic E-state index is 11.8. The number of hydrogen-bond acceptors (Lipinski definition) is 2. The second kappa shape index (κ2) is 3.62. The minimum atomic E-state index is -4.24. The van der Waals surface area contributed by atoms with Crippen LogP contribution in [0.25, 0.3) is 0 Å². The Kier molecular flexibility index (Phi) is 2.95. The Morgan fingerprint density at radius 3 is 2.00 bits per heavy atom. The zero-order chi connectivity index (χ0) is 9.19. The van der Waals surface area contributed by atoms with Crippen molar-refractivity contribution >= 4 is 0 Å². The molecule has 3 N–H and O–H groups in total. The van der Waals surface area contributed by atoms with Crippen molar-refractivity contribution in [3.8, 4) is 0 Å². The average Bonchev–Trinajstić information content (AvgIpc) is 1.91. The van der Waals surface area contributed by atoms with Gasteiger partial charge in [0, 0.05) is 12.1 Å². The van der Waals surface area contributed by atoms with E-state index in [2.05, 4.69) is 0 Å². The highest BCUT2D eigenvalue weighted by molar-refractivity contribution is 4.79. The Labute approximate surface area is 69.3 Å². The molecule has 1 saturated carbocycles. The SMILES string of the molecule is NC1CCC(NC(F)(F)F)CC1. The van der Waals surface area contributed by atoms with Gasteiger partial charge in [0.25, 0.3) is 0 Å². The molecule has 0 saturated heterocycles. The minimum absolute atomic E-state index is 0.0938. The molecule has 0 radical (unpaired) electrons. The zero-order valence-electron chi connectivity index (χ0n) is 6.69. The highest BCUT2D eigenvalue weighted by atomic mass is 19.4. The summed E-state index contributed by atoms with van der Waals surface area (Å²) in [5.74, 6) is 0. The van der Waals surface area contributed by atoms with Crippen LogP contribution in [0.5, 0.6) is 0 Å². The molecule has 1 rings (SSSR count). The van der Waals surface area contributed by atoms with E-state index in [1.54, 1.807) is 5.32 Å². The molecule has 1 aliphatic rings. The number of rotatable bonds is 1. The van der Waals surface area contributed by atoms with Gasteiger partial charge in [-0.05, 0) is 25.7 Å². The van der Waals surface area contributed by atoms with Gasteiger partial charge >= 0.3 is 6.30 Å². The Balaban J connectivity index is 2.26. The molecule has 72 valence electrons. The third-order valence-corrected chi connectivity index (χ3v) is 2.14. The van der Waals surface area contributed by atoms with Gasteiger partial charge in [-0.15, -0.1) is 0 Å². The van der Waals surface area contributed by atoms with Crippen LogP contribution in [0.3, 0.4) is 0 Å². The first-order valence-corrected chi connectivity index (χ1v) is 4.07. The van der Waals surface area contributed by atoms with E-state index < -0.39 is 12.3 Å². The lowest BCUT2D eigenvalue weighted by Gasteiger charge is -2.27. The van der Waals surface area contributed by atoms with Crippen molar-refractivity contribution in [1.82, 2.24) is 5.32 Å². The first kappa shape index (κ1) is 9.80. The van der Waals surface area contributed by atoms with Gasteiger partial charge in [-0.25, -0.2) is 5.32 Å². The fourth-order valence-corrected chi connectivity index (χ4v) is 1.49. The minimum Gasteiger partial charge on any atom is -0.328 e. The summed E-state index contributed by atoms with van der Waals surface area (Å²) in [4.78, 5) is 0. The van der Waals surface area contributed by atoms with Gasteiger partial charge in [-0.3, -0.25) is 0 Å². The standard InChI is InChI=1S/C7H13F3N2/c8-7(9,10)12-6-3-1-5(11)2-4-6/h5-6,12H,1-4,11H2. The van der Waals surface area contributed by atoms with Gasteiger partial charge in [0.2, 0.25) is 0 Å². The van der Waals surface area contributed by atoms with Crippen LogP contribution in [0.2, 0.25) is 0 Å². The molecule has 0 atom stereocenters. The van der Waals surface area contributed by atoms with Crippen molar-refractivity contribution < 1.29 is 13.2 Å². The van der Waals surface area contributed by atoms with Crippen molar-refractivity contribution in [3.05, 3.63) is 0 Å². The number of alkyl halides is 3. The first-order chi connectivity index (χ1) is 5.47. The number of nitrogens with one attached hydrogen (secondary N) is 1. The summed E-state index contributed by atoms with van der Waals surface area (Å²) >= 11 is 0. The Bertz CT molecular complexity index is 138. The molecule has 5 heteroatoms. The number of hydrogen-bond donors (Lipinski definition) is 2. The summed E-state index contributed by atoms with van der Waals surface area (Å²) in [5.41, 5.74) is 5.55. The van der Waals surface area contributed by atoms with Gasteiger partial charge in [-0.2, -0.15) is 13.2 Å². The highest BCUT2D eigenvalue weighted by Crippen LogP contribution is 2.21. The molecule has 0 aromatic rings. The lowest BCUT2D eigenvalue weighted by Crippen LogP contribution is -2.44. The molecular formula is C7H13F3N2. The molecule has 1 fully saturated rings. The van der Waals surface area contributed by atoms with E-state index in [0.29, 0.717) is 25.7 Å². The lowest BCUT2D eigenvalue weighted by molar-refractivity contribution is -0.166. The van der Waals surface area contributed by atoms with Gasteiger partial charge in [0.1, 0.15) is 0 Å². The van der Waals surface area contributed by atoms with Crippen molar-refractivity contribution in [2.24, 2.45) is 5.73 Å². The van der Waals surface area contributed by atoms with Gasteiger partial charge in [0.05, 0.1) is 0 Å². The summed E-state index contributed by atoms with van der Waals surface area (Å²) in [6.45, 7) is 0. The largest absolute Gasteiger partial charge is 0.457 e. The Morgan fingerprint density at radius 2 is 1.58 bits per heavy atom. The third kappa shape index (κ3) is 3.40. The summed E-state index contributed by atoms with van der Waals surface area (Å²) < 4.78 is 35.4. The number of nitrogens with two attached hydrogens (primary N) is 1. The van der Waals surface area contributed by atoms with Crippen LogP contribution in [0, 0.1) is 0 Å². The van der Waals surface area contributed by atoms with Crippen LogP contribution in [0.15, 0.2) is 0 Å². The summed E-state index contributed by atoms with van der Waals surface area (Å²) in [6, 6.07) is -0.332. The van der Waals surface area contributed by atoms with E-state index in [4.69, 9.17) is 5.73 Å². The monoisotopic (exact) mass is 182 g/mol. The molecule has 0 aliphatic heterocycles. The van der Waals surface area contributed by atoms with E-state index >= 15 is 0 Å². The highest BCUT2D eigenvalue weighted by Gasteiger charge is 2.32. The maximum Gasteiger partial charge on any atom is 0.457 e. The van der Waals surface area contributed by atoms with Gasteiger partial charge in [0.15, 0.2) is 0 Å². The van der Waals surface area contributed by atoms with Crippen LogP contribution >= 0.6 is 0 Å². The normalized spacial score (nSPS) is 32.0. The van der Waals surface area contributed by atoms with E-state index in [-0.39, 0.29) is 6.04 Å². The molecule has 0 spiro atoms. The third-order valence-electron chi connectivity index (χ3n) is 2.14. The van der Waals surface area contributed by atoms with Crippen LogP contribution < -0.4 is 11.1 Å². The quantitative estimate of drug-likeness (QED) is 0.601. The molecule has 0 aromatic heterocycles. The molecule has 12 heavy (non-hydrogen) atoms. The van der Waals surface area contributed by atoms with Crippen LogP contribution in [-0.4, -0.2) is 18.4 Å². The second-order valence-corrected chi connectivity index (χ2v) is 3.25. The average molecular weight is 182 g/mol. The fourth-order valence-electron chi connectivity index (χ4n) is 1.49. The summed E-state index contributed by atoms with van der Waals surface area (Å²) in [7, 11) is 0. The van der Waals surface area contributed by atoms with Crippen molar-refractivity contribution in [3.63, 3.8) is 0 Å². The molecule has 0 aromatic carbocycles. The summed E-state index contributed by atoms with van der Waals surface area (Å²) in [5, 5.41) is 1.62. The van der Waals surface area contributed by atoms with E-state index in [9.17, 15) is 13.2 Å². The lowest BCUT2D eigenvalue weighted by atomic mass is 9.92. The predicted octanol–water partition coefficient (Wildman–Crippen LogP) is 1.37. The first-order valence-electron chi connectivity index (χ1n) is 4.07. The van der Waals surface area contributed by atoms with Gasteiger partial charge in [-0.1, -0.05) is 0 Å². The Hall–Kier alpha value is -0.290. The topological polar surface area (TPSA) is 38.0 Å². The molecule has 0 heterocycles. The molecule has 2 nitrogen and oxygen atoms in total. The second-order valence-electron chi connectivity index (χ2n) is 3.25. The maximum atomic E-state index is 11.8. The molecule has 0 amide bonds. The molecule has 1 aliphatic carbocycles. The van der Waals surface area contributed by atoms with Crippen LogP contribution in [-0.2, 0) is 0 Å². The number of halogens is 3. The molecule has 0 unspecified atom stereocenters. The Morgan fingerprint density at radius 1 is 1.08 bits per heavy atom.